The van der Waals surface area contributed by atoms with E-state index < -0.39 is 5.91 Å². The monoisotopic (exact) mass is 321 g/mol. The Morgan fingerprint density at radius 1 is 1.04 bits per heavy atom. The maximum Gasteiger partial charge on any atom is 0.282 e. The van der Waals surface area contributed by atoms with E-state index in [0.717, 1.165) is 17.8 Å². The largest absolute Gasteiger partial charge is 0.375 e. The van der Waals surface area contributed by atoms with Crippen LogP contribution in [0.4, 0.5) is 11.4 Å². The van der Waals surface area contributed by atoms with Crippen LogP contribution in [0.2, 0.25) is 0 Å². The normalized spacial score (nSPS) is 15.8. The highest BCUT2D eigenvalue weighted by atomic mass is 16.2. The molecule has 0 aliphatic carbocycles. The fourth-order valence-corrected chi connectivity index (χ4v) is 2.49. The third-order valence-corrected chi connectivity index (χ3v) is 4.03. The molecule has 24 heavy (non-hydrogen) atoms. The van der Waals surface area contributed by atoms with E-state index in [1.165, 1.54) is 5.01 Å². The van der Waals surface area contributed by atoms with E-state index >= 15 is 0 Å². The molecule has 1 heterocycles. The number of hydrogen-bond acceptors (Lipinski definition) is 3. The summed E-state index contributed by atoms with van der Waals surface area (Å²) < 4.78 is 0. The van der Waals surface area contributed by atoms with Gasteiger partial charge in [-0.2, -0.15) is 0 Å². The molecule has 0 radical (unpaired) electrons. The van der Waals surface area contributed by atoms with E-state index in [0.29, 0.717) is 5.69 Å². The first kappa shape index (κ1) is 15.8. The van der Waals surface area contributed by atoms with Crippen LogP contribution in [0.25, 0.3) is 6.08 Å². The standard InChI is InChI=1S/C19H19N3O2/c1-3-21(2)15-11-9-14(10-12-15)13-17-18(23)20-22(19(17)24)16-7-5-4-6-8-16/h4-13H,3H2,1-2H3,(H,20,23)/b17-13-. The van der Waals surface area contributed by atoms with Crippen LogP contribution in [-0.2, 0) is 9.59 Å². The summed E-state index contributed by atoms with van der Waals surface area (Å²) in [5.41, 5.74) is 5.28. The molecule has 0 bridgehead atoms. The second kappa shape index (κ2) is 6.58. The molecule has 0 spiro atoms. The minimum atomic E-state index is -0.390. The lowest BCUT2D eigenvalue weighted by atomic mass is 10.1. The summed E-state index contributed by atoms with van der Waals surface area (Å²) in [6, 6.07) is 16.8. The third kappa shape index (κ3) is 3.01. The average Bonchev–Trinajstić information content (AvgIpc) is 2.90. The van der Waals surface area contributed by atoms with E-state index in [1.54, 1.807) is 18.2 Å². The quantitative estimate of drug-likeness (QED) is 0.696. The molecule has 2 aromatic rings. The number of nitrogens with zero attached hydrogens (tertiary/aromatic N) is 2. The van der Waals surface area contributed by atoms with Gasteiger partial charge in [0.15, 0.2) is 0 Å². The molecule has 1 fully saturated rings. The van der Waals surface area contributed by atoms with Gasteiger partial charge in [-0.3, -0.25) is 15.0 Å². The Morgan fingerprint density at radius 3 is 2.33 bits per heavy atom. The number of carbonyl (C=O) groups excluding carboxylic acids is 2. The van der Waals surface area contributed by atoms with Crippen molar-refractivity contribution in [3.63, 3.8) is 0 Å². The Labute approximate surface area is 141 Å². The molecule has 1 aliphatic heterocycles. The number of anilines is 2. The zero-order valence-corrected chi connectivity index (χ0v) is 13.7. The first-order valence-electron chi connectivity index (χ1n) is 7.83. The molecule has 2 amide bonds. The smallest absolute Gasteiger partial charge is 0.282 e. The van der Waals surface area contributed by atoms with Gasteiger partial charge in [0.05, 0.1) is 5.69 Å². The summed E-state index contributed by atoms with van der Waals surface area (Å²) in [4.78, 5) is 26.8. The maximum absolute atomic E-state index is 12.5. The molecule has 122 valence electrons. The van der Waals surface area contributed by atoms with E-state index in [2.05, 4.69) is 17.2 Å². The van der Waals surface area contributed by atoms with Crippen LogP contribution in [0.3, 0.4) is 0 Å². The van der Waals surface area contributed by atoms with E-state index in [1.807, 2.05) is 49.5 Å². The van der Waals surface area contributed by atoms with Crippen molar-refractivity contribution in [3.05, 3.63) is 65.7 Å². The highest BCUT2D eigenvalue weighted by molar-refractivity contribution is 6.31. The number of nitrogens with one attached hydrogen (secondary N) is 1. The first-order chi connectivity index (χ1) is 11.6. The second-order valence-corrected chi connectivity index (χ2v) is 5.58. The maximum atomic E-state index is 12.5. The van der Waals surface area contributed by atoms with Crippen molar-refractivity contribution in [2.24, 2.45) is 0 Å². The van der Waals surface area contributed by atoms with Crippen molar-refractivity contribution in [2.75, 3.05) is 23.5 Å². The van der Waals surface area contributed by atoms with Crippen LogP contribution >= 0.6 is 0 Å². The van der Waals surface area contributed by atoms with Crippen LogP contribution in [-0.4, -0.2) is 25.4 Å². The van der Waals surface area contributed by atoms with E-state index in [-0.39, 0.29) is 11.5 Å². The van der Waals surface area contributed by atoms with Crippen LogP contribution in [0.15, 0.2) is 60.2 Å². The van der Waals surface area contributed by atoms with Crippen molar-refractivity contribution in [1.82, 2.24) is 5.43 Å². The van der Waals surface area contributed by atoms with Gasteiger partial charge in [0.1, 0.15) is 5.57 Å². The predicted octanol–water partition coefficient (Wildman–Crippen LogP) is 2.60. The molecular formula is C19H19N3O2. The first-order valence-corrected chi connectivity index (χ1v) is 7.83. The zero-order chi connectivity index (χ0) is 17.1. The lowest BCUT2D eigenvalue weighted by Crippen LogP contribution is -2.35. The average molecular weight is 321 g/mol. The Bertz CT molecular complexity index is 782. The Hall–Kier alpha value is -3.08. The van der Waals surface area contributed by atoms with Gasteiger partial charge in [-0.15, -0.1) is 0 Å². The predicted molar refractivity (Wildman–Crippen MR) is 95.4 cm³/mol. The molecule has 1 aliphatic rings. The summed E-state index contributed by atoms with van der Waals surface area (Å²) in [6.07, 6.45) is 1.62. The molecule has 0 atom stereocenters. The van der Waals surface area contributed by atoms with Crippen molar-refractivity contribution < 1.29 is 9.59 Å². The summed E-state index contributed by atoms with van der Waals surface area (Å²) in [6.45, 7) is 2.99. The molecule has 1 N–H and O–H groups in total. The van der Waals surface area contributed by atoms with E-state index in [4.69, 9.17) is 0 Å². The van der Waals surface area contributed by atoms with Gasteiger partial charge in [0.2, 0.25) is 0 Å². The summed E-state index contributed by atoms with van der Waals surface area (Å²) >= 11 is 0. The van der Waals surface area contributed by atoms with Crippen LogP contribution in [0.1, 0.15) is 12.5 Å². The molecule has 5 nitrogen and oxygen atoms in total. The Kier molecular flexibility index (Phi) is 4.33. The van der Waals surface area contributed by atoms with Gasteiger partial charge in [-0.05, 0) is 42.8 Å². The van der Waals surface area contributed by atoms with Gasteiger partial charge in [-0.1, -0.05) is 30.3 Å². The van der Waals surface area contributed by atoms with Crippen molar-refractivity contribution in [1.29, 1.82) is 0 Å². The number of hydrogen-bond donors (Lipinski definition) is 1. The van der Waals surface area contributed by atoms with Crippen LogP contribution < -0.4 is 15.3 Å². The minimum absolute atomic E-state index is 0.135. The fourth-order valence-electron chi connectivity index (χ4n) is 2.49. The number of benzene rings is 2. The Balaban J connectivity index is 1.85. The SMILES string of the molecule is CCN(C)c1ccc(/C=C2/C(=O)NN(c3ccccc3)C2=O)cc1. The second-order valence-electron chi connectivity index (χ2n) is 5.58. The summed E-state index contributed by atoms with van der Waals surface area (Å²) in [5.74, 6) is -0.737. The van der Waals surface area contributed by atoms with Crippen LogP contribution in [0.5, 0.6) is 0 Å². The number of rotatable bonds is 4. The lowest BCUT2D eigenvalue weighted by Gasteiger charge is -2.16. The van der Waals surface area contributed by atoms with Gasteiger partial charge >= 0.3 is 0 Å². The molecule has 3 rings (SSSR count). The van der Waals surface area contributed by atoms with Gasteiger partial charge in [0, 0.05) is 19.3 Å². The molecule has 1 saturated heterocycles. The van der Waals surface area contributed by atoms with Gasteiger partial charge in [-0.25, -0.2) is 5.01 Å². The van der Waals surface area contributed by atoms with Gasteiger partial charge < -0.3 is 4.90 Å². The van der Waals surface area contributed by atoms with Crippen molar-refractivity contribution in [2.45, 2.75) is 6.92 Å². The highest BCUT2D eigenvalue weighted by Gasteiger charge is 2.34. The molecule has 0 unspecified atom stereocenters. The Morgan fingerprint density at radius 2 is 1.71 bits per heavy atom. The number of hydrazine groups is 1. The molecule has 0 saturated carbocycles. The summed E-state index contributed by atoms with van der Waals surface area (Å²) in [7, 11) is 2.01. The third-order valence-electron chi connectivity index (χ3n) is 4.03. The van der Waals surface area contributed by atoms with Crippen molar-refractivity contribution in [3.8, 4) is 0 Å². The molecular weight excluding hydrogens is 302 g/mol. The molecule has 5 heteroatoms. The molecule has 0 aromatic heterocycles. The van der Waals surface area contributed by atoms with Gasteiger partial charge in [0.25, 0.3) is 11.8 Å². The fraction of sp³-hybridized carbons (Fsp3) is 0.158. The number of para-hydroxylation sites is 1. The van der Waals surface area contributed by atoms with Crippen LogP contribution in [0, 0.1) is 0 Å². The van der Waals surface area contributed by atoms with E-state index in [9.17, 15) is 9.59 Å². The van der Waals surface area contributed by atoms with Crippen molar-refractivity contribution >= 4 is 29.3 Å². The summed E-state index contributed by atoms with van der Waals surface area (Å²) in [5, 5.41) is 1.27. The topological polar surface area (TPSA) is 52.7 Å². The minimum Gasteiger partial charge on any atom is -0.375 e. The lowest BCUT2D eigenvalue weighted by molar-refractivity contribution is -0.117. The number of carbonyl (C=O) groups is 2. The molecule has 2 aromatic carbocycles. The highest BCUT2D eigenvalue weighted by Crippen LogP contribution is 2.22. The number of amides is 2. The zero-order valence-electron chi connectivity index (χ0n) is 13.7.